The average Bonchev–Trinajstić information content (AvgIpc) is 3.14. The number of hydrogen-bond acceptors (Lipinski definition) is 2. The first-order valence-electron chi connectivity index (χ1n) is 10.7. The molecule has 3 aromatic carbocycles. The van der Waals surface area contributed by atoms with Gasteiger partial charge >= 0.3 is 0 Å². The molecule has 0 atom stereocenters. The van der Waals surface area contributed by atoms with E-state index in [2.05, 4.69) is 75.9 Å². The van der Waals surface area contributed by atoms with E-state index in [4.69, 9.17) is 4.74 Å². The number of hydrogen-bond donors (Lipinski definition) is 1. The van der Waals surface area contributed by atoms with Crippen LogP contribution in [0.15, 0.2) is 92.0 Å². The molecule has 4 nitrogen and oxygen atoms in total. The predicted octanol–water partition coefficient (Wildman–Crippen LogP) is 6.71. The van der Waals surface area contributed by atoms with Crippen LogP contribution in [0, 0.1) is 6.92 Å². The van der Waals surface area contributed by atoms with Crippen LogP contribution in [0.25, 0.3) is 27.6 Å². The van der Waals surface area contributed by atoms with E-state index in [1.807, 2.05) is 48.0 Å². The molecule has 0 spiro atoms. The normalized spacial score (nSPS) is 10.7. The molecule has 166 valence electrons. The number of halogens is 1. The molecule has 0 aliphatic heterocycles. The standard InChI is InChI=1S/C28H25IN2O2/c1-4-17-33-25-16-10-15-24-27(25)26(19(2)28(32)30-29)20(3)31(24)18-22-13-8-9-14-23(22)21-11-6-5-7-12-21/h4-16H,1-2,17-18H2,3H3,(H,30,32). The summed E-state index contributed by atoms with van der Waals surface area (Å²) in [6.45, 7) is 10.9. The number of carbonyl (C=O) groups is 1. The minimum Gasteiger partial charge on any atom is -0.489 e. The molecule has 0 saturated heterocycles. The van der Waals surface area contributed by atoms with Gasteiger partial charge in [-0.05, 0) is 35.7 Å². The van der Waals surface area contributed by atoms with Gasteiger partial charge in [-0.2, -0.15) is 0 Å². The molecule has 0 radical (unpaired) electrons. The SMILES string of the molecule is C=CCOc1cccc2c1c(C(=C)C(=O)NI)c(C)n2Cc1ccccc1-c1ccccc1. The van der Waals surface area contributed by atoms with Crippen LogP contribution in [0.4, 0.5) is 0 Å². The lowest BCUT2D eigenvalue weighted by Gasteiger charge is -2.14. The quantitative estimate of drug-likeness (QED) is 0.115. The summed E-state index contributed by atoms with van der Waals surface area (Å²) in [7, 11) is 0. The van der Waals surface area contributed by atoms with Gasteiger partial charge in [0, 0.05) is 23.4 Å². The molecule has 4 aromatic rings. The molecule has 0 aliphatic rings. The van der Waals surface area contributed by atoms with Gasteiger partial charge in [-0.3, -0.25) is 8.32 Å². The molecule has 1 aromatic heterocycles. The van der Waals surface area contributed by atoms with Crippen LogP contribution in [0.2, 0.25) is 0 Å². The summed E-state index contributed by atoms with van der Waals surface area (Å²) >= 11 is 1.85. The highest BCUT2D eigenvalue weighted by atomic mass is 127. The fraction of sp³-hybridized carbons (Fsp3) is 0.107. The number of rotatable bonds is 8. The van der Waals surface area contributed by atoms with Crippen molar-refractivity contribution in [3.63, 3.8) is 0 Å². The molecule has 0 bridgehead atoms. The topological polar surface area (TPSA) is 43.3 Å². The summed E-state index contributed by atoms with van der Waals surface area (Å²) in [5.41, 5.74) is 6.72. The molecule has 0 unspecified atom stereocenters. The number of nitrogens with one attached hydrogen (secondary N) is 1. The van der Waals surface area contributed by atoms with Crippen LogP contribution < -0.4 is 8.27 Å². The first-order valence-corrected chi connectivity index (χ1v) is 11.7. The average molecular weight is 548 g/mol. The van der Waals surface area contributed by atoms with Crippen molar-refractivity contribution in [2.45, 2.75) is 13.5 Å². The molecule has 0 aliphatic carbocycles. The van der Waals surface area contributed by atoms with E-state index in [0.717, 1.165) is 22.2 Å². The van der Waals surface area contributed by atoms with Crippen molar-refractivity contribution in [1.29, 1.82) is 0 Å². The van der Waals surface area contributed by atoms with Crippen LogP contribution in [-0.4, -0.2) is 17.1 Å². The Labute approximate surface area is 208 Å². The zero-order chi connectivity index (χ0) is 23.4. The first kappa shape index (κ1) is 22.9. The second kappa shape index (κ2) is 10.1. The van der Waals surface area contributed by atoms with Crippen molar-refractivity contribution < 1.29 is 9.53 Å². The zero-order valence-corrected chi connectivity index (χ0v) is 20.6. The minimum atomic E-state index is -0.221. The maximum atomic E-state index is 12.6. The summed E-state index contributed by atoms with van der Waals surface area (Å²) in [5, 5.41) is 0.888. The first-order chi connectivity index (χ1) is 16.1. The molecule has 1 N–H and O–H groups in total. The highest BCUT2D eigenvalue weighted by Crippen LogP contribution is 2.38. The van der Waals surface area contributed by atoms with Crippen molar-refractivity contribution in [1.82, 2.24) is 8.10 Å². The molecule has 5 heteroatoms. The molecular formula is C28H25IN2O2. The molecule has 4 rings (SSSR count). The van der Waals surface area contributed by atoms with E-state index in [0.29, 0.717) is 24.5 Å². The Morgan fingerprint density at radius 1 is 1.06 bits per heavy atom. The van der Waals surface area contributed by atoms with Gasteiger partial charge in [-0.15, -0.1) is 0 Å². The van der Waals surface area contributed by atoms with Gasteiger partial charge in [-0.1, -0.05) is 79.9 Å². The lowest BCUT2D eigenvalue weighted by Crippen LogP contribution is -2.13. The maximum absolute atomic E-state index is 12.6. The summed E-state index contributed by atoms with van der Waals surface area (Å²) in [6.07, 6.45) is 1.71. The van der Waals surface area contributed by atoms with Crippen molar-refractivity contribution in [2.24, 2.45) is 0 Å². The Balaban J connectivity index is 1.91. The minimum absolute atomic E-state index is 0.221. The van der Waals surface area contributed by atoms with Gasteiger partial charge in [0.2, 0.25) is 0 Å². The summed E-state index contributed by atoms with van der Waals surface area (Å²) < 4.78 is 10.9. The van der Waals surface area contributed by atoms with Gasteiger partial charge in [0.15, 0.2) is 0 Å². The number of nitrogens with zero attached hydrogens (tertiary/aromatic N) is 1. The van der Waals surface area contributed by atoms with Gasteiger partial charge in [0.1, 0.15) is 12.4 Å². The van der Waals surface area contributed by atoms with E-state index < -0.39 is 0 Å². The summed E-state index contributed by atoms with van der Waals surface area (Å²) in [6, 6.07) is 24.8. The highest BCUT2D eigenvalue weighted by Gasteiger charge is 2.23. The maximum Gasteiger partial charge on any atom is 0.259 e. The van der Waals surface area contributed by atoms with E-state index in [9.17, 15) is 4.79 Å². The number of carbonyl (C=O) groups excluding carboxylic acids is 1. The Bertz CT molecular complexity index is 1340. The predicted molar refractivity (Wildman–Crippen MR) is 145 cm³/mol. The molecule has 33 heavy (non-hydrogen) atoms. The zero-order valence-electron chi connectivity index (χ0n) is 18.5. The Morgan fingerprint density at radius 2 is 1.79 bits per heavy atom. The smallest absolute Gasteiger partial charge is 0.259 e. The van der Waals surface area contributed by atoms with Crippen molar-refractivity contribution >= 4 is 45.2 Å². The van der Waals surface area contributed by atoms with E-state index in [1.165, 1.54) is 16.7 Å². The Hall–Kier alpha value is -3.32. The van der Waals surface area contributed by atoms with Crippen LogP contribution in [-0.2, 0) is 11.3 Å². The third-order valence-electron chi connectivity index (χ3n) is 5.76. The van der Waals surface area contributed by atoms with Crippen LogP contribution in [0.3, 0.4) is 0 Å². The lowest BCUT2D eigenvalue weighted by atomic mass is 9.99. The second-order valence-corrected chi connectivity index (χ2v) is 8.26. The summed E-state index contributed by atoms with van der Waals surface area (Å²) in [4.78, 5) is 12.6. The van der Waals surface area contributed by atoms with Crippen LogP contribution in [0.5, 0.6) is 5.75 Å². The van der Waals surface area contributed by atoms with Gasteiger partial charge in [0.05, 0.1) is 33.8 Å². The number of amides is 1. The van der Waals surface area contributed by atoms with E-state index >= 15 is 0 Å². The van der Waals surface area contributed by atoms with Crippen molar-refractivity contribution in [2.75, 3.05) is 6.61 Å². The van der Waals surface area contributed by atoms with Crippen molar-refractivity contribution in [3.8, 4) is 16.9 Å². The highest BCUT2D eigenvalue weighted by molar-refractivity contribution is 14.1. The van der Waals surface area contributed by atoms with Gasteiger partial charge in [-0.25, -0.2) is 0 Å². The molecule has 1 amide bonds. The lowest BCUT2D eigenvalue weighted by molar-refractivity contribution is -0.113. The number of aromatic nitrogens is 1. The largest absolute Gasteiger partial charge is 0.489 e. The second-order valence-electron chi connectivity index (χ2n) is 7.72. The fourth-order valence-electron chi connectivity index (χ4n) is 4.23. The third-order valence-corrected chi connectivity index (χ3v) is 6.25. The van der Waals surface area contributed by atoms with E-state index in [1.54, 1.807) is 6.08 Å². The summed E-state index contributed by atoms with van der Waals surface area (Å²) in [5.74, 6) is 0.490. The Morgan fingerprint density at radius 3 is 2.52 bits per heavy atom. The molecule has 0 saturated carbocycles. The number of fused-ring (bicyclic) bond motifs is 1. The molecular weight excluding hydrogens is 523 g/mol. The van der Waals surface area contributed by atoms with Gasteiger partial charge < -0.3 is 9.30 Å². The third kappa shape index (κ3) is 4.46. The van der Waals surface area contributed by atoms with Crippen LogP contribution >= 0.6 is 22.9 Å². The fourth-order valence-corrected chi connectivity index (χ4v) is 4.56. The number of ether oxygens (including phenoxy) is 1. The van der Waals surface area contributed by atoms with Gasteiger partial charge in [0.25, 0.3) is 5.91 Å². The van der Waals surface area contributed by atoms with E-state index in [-0.39, 0.29) is 5.91 Å². The molecule has 1 heterocycles. The Kier molecular flexibility index (Phi) is 6.99. The number of benzene rings is 3. The van der Waals surface area contributed by atoms with Crippen molar-refractivity contribution in [3.05, 3.63) is 109 Å². The molecule has 0 fully saturated rings. The van der Waals surface area contributed by atoms with Crippen LogP contribution in [0.1, 0.15) is 16.8 Å². The monoisotopic (exact) mass is 548 g/mol.